The zero-order valence-electron chi connectivity index (χ0n) is 8.24. The highest BCUT2D eigenvalue weighted by Gasteiger charge is 2.39. The van der Waals surface area contributed by atoms with E-state index in [-0.39, 0.29) is 10.6 Å². The molecule has 17 heavy (non-hydrogen) atoms. The van der Waals surface area contributed by atoms with Crippen molar-refractivity contribution in [3.63, 3.8) is 0 Å². The van der Waals surface area contributed by atoms with Gasteiger partial charge in [-0.15, -0.1) is 0 Å². The highest BCUT2D eigenvalue weighted by Crippen LogP contribution is 2.28. The monoisotopic (exact) mass is 269 g/mol. The lowest BCUT2D eigenvalue weighted by Crippen LogP contribution is -2.30. The number of aliphatic hydroxyl groups is 1. The van der Waals surface area contributed by atoms with Crippen molar-refractivity contribution in [3.05, 3.63) is 38.9 Å². The molecule has 94 valence electrons. The van der Waals surface area contributed by atoms with Crippen LogP contribution in [0.3, 0.4) is 0 Å². The third-order valence-corrected chi connectivity index (χ3v) is 2.26. The van der Waals surface area contributed by atoms with E-state index in [1.54, 1.807) is 0 Å². The molecule has 0 bridgehead atoms. The fourth-order valence-electron chi connectivity index (χ4n) is 1.22. The Morgan fingerprint density at radius 3 is 2.53 bits per heavy atom. The first-order valence-corrected chi connectivity index (χ1v) is 4.77. The summed E-state index contributed by atoms with van der Waals surface area (Å²) in [5, 5.41) is 19.5. The van der Waals surface area contributed by atoms with Crippen molar-refractivity contribution in [1.82, 2.24) is 0 Å². The van der Waals surface area contributed by atoms with Crippen molar-refractivity contribution in [2.75, 3.05) is 0 Å². The quantitative estimate of drug-likeness (QED) is 0.678. The van der Waals surface area contributed by atoms with Gasteiger partial charge in [0.25, 0.3) is 5.69 Å². The van der Waals surface area contributed by atoms with Crippen molar-refractivity contribution >= 4 is 17.3 Å². The van der Waals surface area contributed by atoms with Gasteiger partial charge >= 0.3 is 6.18 Å². The van der Waals surface area contributed by atoms with E-state index in [9.17, 15) is 23.3 Å². The number of hydrogen-bond acceptors (Lipinski definition) is 3. The van der Waals surface area contributed by atoms with Gasteiger partial charge in [-0.25, -0.2) is 0 Å². The minimum absolute atomic E-state index is 0.0694. The summed E-state index contributed by atoms with van der Waals surface area (Å²) in [6.45, 7) is 0. The van der Waals surface area contributed by atoms with Crippen LogP contribution in [0, 0.1) is 10.1 Å². The Bertz CT molecular complexity index is 436. The zero-order chi connectivity index (χ0) is 13.2. The summed E-state index contributed by atoms with van der Waals surface area (Å²) >= 11 is 5.53. The molecule has 0 aromatic heterocycles. The number of nitro groups is 1. The van der Waals surface area contributed by atoms with Crippen LogP contribution in [0.5, 0.6) is 0 Å². The third-order valence-electron chi connectivity index (χ3n) is 2.03. The lowest BCUT2D eigenvalue weighted by atomic mass is 10.1. The van der Waals surface area contributed by atoms with Crippen LogP contribution in [0.2, 0.25) is 5.02 Å². The van der Waals surface area contributed by atoms with Crippen LogP contribution in [0.1, 0.15) is 5.56 Å². The molecule has 8 heteroatoms. The number of nitro benzene ring substituents is 1. The molecule has 0 aliphatic rings. The summed E-state index contributed by atoms with van der Waals surface area (Å²) in [4.78, 5) is 9.74. The summed E-state index contributed by atoms with van der Waals surface area (Å²) in [5.74, 6) is 0. The molecular formula is C9H7ClF3NO3. The molecule has 0 aliphatic carbocycles. The van der Waals surface area contributed by atoms with Gasteiger partial charge in [0.1, 0.15) is 0 Å². The van der Waals surface area contributed by atoms with E-state index in [4.69, 9.17) is 16.7 Å². The summed E-state index contributed by atoms with van der Waals surface area (Å²) in [5.41, 5.74) is -0.759. The maximum atomic E-state index is 12.1. The van der Waals surface area contributed by atoms with Gasteiger partial charge in [0.2, 0.25) is 0 Å². The first-order chi connectivity index (χ1) is 7.71. The molecule has 1 unspecified atom stereocenters. The van der Waals surface area contributed by atoms with Crippen molar-refractivity contribution in [1.29, 1.82) is 0 Å². The van der Waals surface area contributed by atoms with E-state index in [1.807, 2.05) is 0 Å². The maximum Gasteiger partial charge on any atom is 0.414 e. The van der Waals surface area contributed by atoms with E-state index in [0.717, 1.165) is 12.1 Å². The Morgan fingerprint density at radius 1 is 1.47 bits per heavy atom. The Hall–Kier alpha value is -1.34. The Balaban J connectivity index is 3.04. The molecule has 0 amide bonds. The van der Waals surface area contributed by atoms with Crippen molar-refractivity contribution in [2.24, 2.45) is 0 Å². The Kier molecular flexibility index (Phi) is 3.94. The lowest BCUT2D eigenvalue weighted by Gasteiger charge is -2.14. The second-order valence-corrected chi connectivity index (χ2v) is 3.73. The van der Waals surface area contributed by atoms with Gasteiger partial charge < -0.3 is 5.11 Å². The van der Waals surface area contributed by atoms with Gasteiger partial charge in [0, 0.05) is 23.1 Å². The molecule has 1 aromatic rings. The lowest BCUT2D eigenvalue weighted by molar-refractivity contribution is -0.385. The van der Waals surface area contributed by atoms with Crippen LogP contribution in [0.4, 0.5) is 18.9 Å². The largest absolute Gasteiger partial charge is 0.414 e. The average Bonchev–Trinajstić information content (AvgIpc) is 2.15. The van der Waals surface area contributed by atoms with Crippen molar-refractivity contribution in [3.8, 4) is 0 Å². The first-order valence-electron chi connectivity index (χ1n) is 4.39. The third kappa shape index (κ3) is 3.57. The number of benzene rings is 1. The van der Waals surface area contributed by atoms with Gasteiger partial charge in [-0.05, 0) is 12.1 Å². The molecule has 0 saturated carbocycles. The summed E-state index contributed by atoms with van der Waals surface area (Å²) in [6.07, 6.45) is -8.38. The summed E-state index contributed by atoms with van der Waals surface area (Å²) in [6, 6.07) is 3.23. The van der Waals surface area contributed by atoms with Gasteiger partial charge in [0.15, 0.2) is 6.10 Å². The van der Waals surface area contributed by atoms with Gasteiger partial charge in [-0.3, -0.25) is 10.1 Å². The fourth-order valence-corrected chi connectivity index (χ4v) is 1.41. The zero-order valence-corrected chi connectivity index (χ0v) is 9.00. The van der Waals surface area contributed by atoms with Crippen LogP contribution in [-0.2, 0) is 6.42 Å². The Labute approximate surface area is 98.8 Å². The van der Waals surface area contributed by atoms with E-state index < -0.39 is 29.3 Å². The Morgan fingerprint density at radius 2 is 2.06 bits per heavy atom. The number of nitrogens with zero attached hydrogens (tertiary/aromatic N) is 1. The molecular weight excluding hydrogens is 263 g/mol. The second-order valence-electron chi connectivity index (χ2n) is 3.29. The van der Waals surface area contributed by atoms with Crippen molar-refractivity contribution in [2.45, 2.75) is 18.7 Å². The predicted molar refractivity (Wildman–Crippen MR) is 53.9 cm³/mol. The highest BCUT2D eigenvalue weighted by molar-refractivity contribution is 6.30. The standard InChI is InChI=1S/C9H7ClF3NO3/c10-6-1-2-7(14(16)17)5(3-6)4-8(15)9(11,12)13/h1-3,8,15H,4H2. The molecule has 4 nitrogen and oxygen atoms in total. The van der Waals surface area contributed by atoms with Crippen LogP contribution < -0.4 is 0 Å². The molecule has 0 radical (unpaired) electrons. The minimum Gasteiger partial charge on any atom is -0.383 e. The van der Waals surface area contributed by atoms with E-state index in [0.29, 0.717) is 0 Å². The van der Waals surface area contributed by atoms with Crippen LogP contribution >= 0.6 is 11.6 Å². The highest BCUT2D eigenvalue weighted by atomic mass is 35.5. The molecule has 1 atom stereocenters. The topological polar surface area (TPSA) is 63.4 Å². The summed E-state index contributed by atoms with van der Waals surface area (Å²) < 4.78 is 36.3. The molecule has 0 fully saturated rings. The molecule has 1 rings (SSSR count). The second kappa shape index (κ2) is 4.89. The normalized spacial score (nSPS) is 13.5. The molecule has 0 spiro atoms. The smallest absolute Gasteiger partial charge is 0.383 e. The van der Waals surface area contributed by atoms with Gasteiger partial charge in [-0.1, -0.05) is 11.6 Å². The first kappa shape index (κ1) is 13.7. The molecule has 0 heterocycles. The minimum atomic E-state index is -4.82. The van der Waals surface area contributed by atoms with Crippen LogP contribution in [-0.4, -0.2) is 22.3 Å². The molecule has 0 aliphatic heterocycles. The van der Waals surface area contributed by atoms with Gasteiger partial charge in [0.05, 0.1) is 4.92 Å². The number of halogens is 4. The predicted octanol–water partition coefficient (Wildman–Crippen LogP) is 2.71. The van der Waals surface area contributed by atoms with E-state index in [2.05, 4.69) is 0 Å². The maximum absolute atomic E-state index is 12.1. The van der Waals surface area contributed by atoms with Crippen molar-refractivity contribution < 1.29 is 23.2 Å². The molecule has 1 aromatic carbocycles. The van der Waals surface area contributed by atoms with E-state index >= 15 is 0 Å². The van der Waals surface area contributed by atoms with Crippen LogP contribution in [0.25, 0.3) is 0 Å². The number of aliphatic hydroxyl groups excluding tert-OH is 1. The number of rotatable bonds is 3. The number of alkyl halides is 3. The molecule has 0 saturated heterocycles. The van der Waals surface area contributed by atoms with Gasteiger partial charge in [-0.2, -0.15) is 13.2 Å². The van der Waals surface area contributed by atoms with Crippen LogP contribution in [0.15, 0.2) is 18.2 Å². The molecule has 1 N–H and O–H groups in total. The summed E-state index contributed by atoms with van der Waals surface area (Å²) in [7, 11) is 0. The average molecular weight is 270 g/mol. The SMILES string of the molecule is O=[N+]([O-])c1ccc(Cl)cc1CC(O)C(F)(F)F. The van der Waals surface area contributed by atoms with E-state index in [1.165, 1.54) is 6.07 Å². The number of hydrogen-bond donors (Lipinski definition) is 1. The fraction of sp³-hybridized carbons (Fsp3) is 0.333.